The van der Waals surface area contributed by atoms with Crippen LogP contribution in [0.25, 0.3) is 0 Å². The number of aryl methyl sites for hydroxylation is 1. The van der Waals surface area contributed by atoms with Gasteiger partial charge in [-0.2, -0.15) is 5.10 Å². The molecule has 1 N–H and O–H groups in total. The van der Waals surface area contributed by atoms with Gasteiger partial charge >= 0.3 is 5.97 Å². The van der Waals surface area contributed by atoms with E-state index in [2.05, 4.69) is 12.0 Å². The Bertz CT molecular complexity index is 333. The molecule has 4 nitrogen and oxygen atoms in total. The van der Waals surface area contributed by atoms with E-state index in [1.54, 1.807) is 13.1 Å². The number of rotatable bonds is 5. The van der Waals surface area contributed by atoms with Gasteiger partial charge in [-0.3, -0.25) is 9.48 Å². The summed E-state index contributed by atoms with van der Waals surface area (Å²) in [5, 5.41) is 13.1. The lowest BCUT2D eigenvalue weighted by Gasteiger charge is -2.17. The van der Waals surface area contributed by atoms with Crippen molar-refractivity contribution in [3.63, 3.8) is 0 Å². The first-order valence-electron chi connectivity index (χ1n) is 5.32. The van der Waals surface area contributed by atoms with E-state index in [9.17, 15) is 4.79 Å². The maximum Gasteiger partial charge on any atom is 0.306 e. The second kappa shape index (κ2) is 4.96. The molecule has 0 spiro atoms. The molecule has 1 aromatic rings. The average Bonchev–Trinajstić information content (AvgIpc) is 2.64. The summed E-state index contributed by atoms with van der Waals surface area (Å²) in [5.74, 6) is -1.14. The highest BCUT2D eigenvalue weighted by molar-refractivity contribution is 5.70. The van der Waals surface area contributed by atoms with Gasteiger partial charge < -0.3 is 5.11 Å². The van der Waals surface area contributed by atoms with Crippen molar-refractivity contribution in [3.05, 3.63) is 18.0 Å². The number of hydrogen-bond acceptors (Lipinski definition) is 2. The zero-order chi connectivity index (χ0) is 11.4. The molecule has 15 heavy (non-hydrogen) atoms. The number of carboxylic acid groups (broad SMARTS) is 1. The van der Waals surface area contributed by atoms with Gasteiger partial charge in [-0.15, -0.1) is 0 Å². The Kier molecular flexibility index (Phi) is 3.88. The smallest absolute Gasteiger partial charge is 0.306 e. The van der Waals surface area contributed by atoms with Crippen molar-refractivity contribution in [2.24, 2.45) is 5.92 Å². The maximum absolute atomic E-state index is 10.9. The second-order valence-electron chi connectivity index (χ2n) is 3.89. The van der Waals surface area contributed by atoms with Gasteiger partial charge in [-0.05, 0) is 12.5 Å². The van der Waals surface area contributed by atoms with E-state index in [1.807, 2.05) is 17.7 Å². The van der Waals surface area contributed by atoms with E-state index in [4.69, 9.17) is 5.11 Å². The fourth-order valence-corrected chi connectivity index (χ4v) is 1.60. The monoisotopic (exact) mass is 210 g/mol. The van der Waals surface area contributed by atoms with Crippen LogP contribution in [0.2, 0.25) is 0 Å². The summed E-state index contributed by atoms with van der Waals surface area (Å²) < 4.78 is 1.89. The molecule has 0 amide bonds. The summed E-state index contributed by atoms with van der Waals surface area (Å²) in [6.07, 6.45) is 2.74. The van der Waals surface area contributed by atoms with Crippen molar-refractivity contribution >= 4 is 5.97 Å². The van der Waals surface area contributed by atoms with E-state index in [0.717, 1.165) is 18.7 Å². The predicted octanol–water partition coefficient (Wildman–Crippen LogP) is 2.12. The van der Waals surface area contributed by atoms with E-state index in [0.29, 0.717) is 0 Å². The third kappa shape index (κ3) is 2.58. The van der Waals surface area contributed by atoms with Crippen LogP contribution in [0.5, 0.6) is 0 Å². The lowest BCUT2D eigenvalue weighted by molar-refractivity contribution is -0.141. The van der Waals surface area contributed by atoms with Crippen molar-refractivity contribution in [2.75, 3.05) is 0 Å². The molecule has 0 aliphatic carbocycles. The van der Waals surface area contributed by atoms with Gasteiger partial charge in [-0.1, -0.05) is 20.8 Å². The molecular weight excluding hydrogens is 192 g/mol. The summed E-state index contributed by atoms with van der Waals surface area (Å²) in [7, 11) is 0. The minimum absolute atomic E-state index is 0.00319. The third-order valence-electron chi connectivity index (χ3n) is 2.79. The Morgan fingerprint density at radius 1 is 1.60 bits per heavy atom. The lowest BCUT2D eigenvalue weighted by Crippen LogP contribution is -2.19. The van der Waals surface area contributed by atoms with Crippen LogP contribution in [0.1, 0.15) is 38.8 Å². The molecule has 0 saturated heterocycles. The summed E-state index contributed by atoms with van der Waals surface area (Å²) in [4.78, 5) is 10.9. The second-order valence-corrected chi connectivity index (χ2v) is 3.89. The SMILES string of the molecule is CCCn1nccc1C(C)C(C)C(=O)O. The van der Waals surface area contributed by atoms with Crippen LogP contribution in [0.15, 0.2) is 12.3 Å². The van der Waals surface area contributed by atoms with Gasteiger partial charge in [0.1, 0.15) is 0 Å². The van der Waals surface area contributed by atoms with Gasteiger partial charge in [0.15, 0.2) is 0 Å². The lowest BCUT2D eigenvalue weighted by atomic mass is 9.93. The number of hydrogen-bond donors (Lipinski definition) is 1. The normalized spacial score (nSPS) is 14.9. The number of aromatic nitrogens is 2. The van der Waals surface area contributed by atoms with Crippen molar-refractivity contribution in [3.8, 4) is 0 Å². The zero-order valence-electron chi connectivity index (χ0n) is 9.47. The van der Waals surface area contributed by atoms with E-state index >= 15 is 0 Å². The first-order valence-corrected chi connectivity index (χ1v) is 5.32. The zero-order valence-corrected chi connectivity index (χ0v) is 9.47. The van der Waals surface area contributed by atoms with Gasteiger partial charge in [0.05, 0.1) is 5.92 Å². The van der Waals surface area contributed by atoms with E-state index in [-0.39, 0.29) is 11.8 Å². The molecule has 0 saturated carbocycles. The minimum Gasteiger partial charge on any atom is -0.481 e. The Balaban J connectivity index is 2.85. The molecule has 84 valence electrons. The summed E-state index contributed by atoms with van der Waals surface area (Å²) >= 11 is 0. The van der Waals surface area contributed by atoms with Gasteiger partial charge in [-0.25, -0.2) is 0 Å². The molecule has 2 unspecified atom stereocenters. The van der Waals surface area contributed by atoms with Gasteiger partial charge in [0, 0.05) is 24.4 Å². The van der Waals surface area contributed by atoms with Crippen LogP contribution >= 0.6 is 0 Å². The highest BCUT2D eigenvalue weighted by atomic mass is 16.4. The molecule has 1 aromatic heterocycles. The maximum atomic E-state index is 10.9. The molecule has 0 aliphatic rings. The molecule has 0 fully saturated rings. The molecule has 0 bridgehead atoms. The van der Waals surface area contributed by atoms with Gasteiger partial charge in [0.2, 0.25) is 0 Å². The molecular formula is C11H18N2O2. The van der Waals surface area contributed by atoms with Crippen molar-refractivity contribution in [1.29, 1.82) is 0 Å². The molecule has 0 aromatic carbocycles. The minimum atomic E-state index is -0.758. The van der Waals surface area contributed by atoms with Crippen LogP contribution in [0.3, 0.4) is 0 Å². The van der Waals surface area contributed by atoms with Crippen LogP contribution in [-0.2, 0) is 11.3 Å². The molecule has 0 aliphatic heterocycles. The Morgan fingerprint density at radius 3 is 2.80 bits per heavy atom. The summed E-state index contributed by atoms with van der Waals surface area (Å²) in [5.41, 5.74) is 1.01. The predicted molar refractivity (Wildman–Crippen MR) is 57.7 cm³/mol. The van der Waals surface area contributed by atoms with E-state index < -0.39 is 5.97 Å². The quantitative estimate of drug-likeness (QED) is 0.809. The first kappa shape index (κ1) is 11.8. The first-order chi connectivity index (χ1) is 7.07. The molecule has 2 atom stereocenters. The molecule has 1 rings (SSSR count). The fraction of sp³-hybridized carbons (Fsp3) is 0.636. The van der Waals surface area contributed by atoms with Crippen molar-refractivity contribution in [1.82, 2.24) is 9.78 Å². The molecule has 1 heterocycles. The summed E-state index contributed by atoms with van der Waals surface area (Å²) in [6, 6.07) is 1.90. The fourth-order valence-electron chi connectivity index (χ4n) is 1.60. The average molecular weight is 210 g/mol. The number of nitrogens with zero attached hydrogens (tertiary/aromatic N) is 2. The van der Waals surface area contributed by atoms with Crippen LogP contribution in [-0.4, -0.2) is 20.9 Å². The number of carboxylic acids is 1. The topological polar surface area (TPSA) is 55.1 Å². The number of aliphatic carboxylic acids is 1. The van der Waals surface area contributed by atoms with Crippen LogP contribution in [0.4, 0.5) is 0 Å². The van der Waals surface area contributed by atoms with E-state index in [1.165, 1.54) is 0 Å². The van der Waals surface area contributed by atoms with Crippen molar-refractivity contribution < 1.29 is 9.90 Å². The Morgan fingerprint density at radius 2 is 2.27 bits per heavy atom. The standard InChI is InChI=1S/C11H18N2O2/c1-4-7-13-10(5-6-12-13)8(2)9(3)11(14)15/h5-6,8-9H,4,7H2,1-3H3,(H,14,15). The highest BCUT2D eigenvalue weighted by Crippen LogP contribution is 2.23. The van der Waals surface area contributed by atoms with Gasteiger partial charge in [0.25, 0.3) is 0 Å². The Hall–Kier alpha value is -1.32. The number of carbonyl (C=O) groups is 1. The third-order valence-corrected chi connectivity index (χ3v) is 2.79. The largest absolute Gasteiger partial charge is 0.481 e. The molecule has 0 radical (unpaired) electrons. The summed E-state index contributed by atoms with van der Waals surface area (Å²) in [6.45, 7) is 6.59. The molecule has 4 heteroatoms. The highest BCUT2D eigenvalue weighted by Gasteiger charge is 2.23. The van der Waals surface area contributed by atoms with Crippen LogP contribution < -0.4 is 0 Å². The van der Waals surface area contributed by atoms with Crippen molar-refractivity contribution in [2.45, 2.75) is 39.7 Å². The Labute approximate surface area is 89.9 Å². The van der Waals surface area contributed by atoms with Crippen LogP contribution in [0, 0.1) is 5.92 Å².